The van der Waals surface area contributed by atoms with Crippen LogP contribution in [-0.4, -0.2) is 27.4 Å². The van der Waals surface area contributed by atoms with Gasteiger partial charge in [-0.15, -0.1) is 11.3 Å². The Morgan fingerprint density at radius 2 is 1.79 bits per heavy atom. The molecule has 4 saturated carbocycles. The van der Waals surface area contributed by atoms with Gasteiger partial charge >= 0.3 is 0 Å². The second-order valence-electron chi connectivity index (χ2n) is 7.95. The first kappa shape index (κ1) is 16.5. The van der Waals surface area contributed by atoms with E-state index in [0.29, 0.717) is 6.54 Å². The fraction of sp³-hybridized carbons (Fsp3) is 0.706. The number of rotatable bonds is 6. The zero-order chi connectivity index (χ0) is 16.8. The number of carbonyl (C=O) groups excluding carboxylic acids is 1. The zero-order valence-corrected chi connectivity index (χ0v) is 15.3. The number of sulfonamides is 1. The SMILES string of the molecule is O=C(CNS(=O)(=O)c1cccs1)NCC12CC3CC(CC(C3)C1)C2. The van der Waals surface area contributed by atoms with Gasteiger partial charge in [0.05, 0.1) is 6.54 Å². The second-order valence-corrected chi connectivity index (χ2v) is 10.9. The van der Waals surface area contributed by atoms with Crippen molar-refractivity contribution in [3.05, 3.63) is 17.5 Å². The van der Waals surface area contributed by atoms with E-state index >= 15 is 0 Å². The Labute approximate surface area is 147 Å². The fourth-order valence-corrected chi connectivity index (χ4v) is 7.52. The maximum atomic E-state index is 12.1. The van der Waals surface area contributed by atoms with Crippen LogP contribution in [0.1, 0.15) is 38.5 Å². The number of thiophene rings is 1. The van der Waals surface area contributed by atoms with E-state index < -0.39 is 10.0 Å². The summed E-state index contributed by atoms with van der Waals surface area (Å²) >= 11 is 1.15. The number of carbonyl (C=O) groups is 1. The summed E-state index contributed by atoms with van der Waals surface area (Å²) in [6, 6.07) is 3.23. The number of amides is 1. The highest BCUT2D eigenvalue weighted by Crippen LogP contribution is 2.59. The summed E-state index contributed by atoms with van der Waals surface area (Å²) in [4.78, 5) is 12.1. The van der Waals surface area contributed by atoms with Crippen molar-refractivity contribution < 1.29 is 13.2 Å². The Morgan fingerprint density at radius 3 is 2.33 bits per heavy atom. The fourth-order valence-electron chi connectivity index (χ4n) is 5.50. The summed E-state index contributed by atoms with van der Waals surface area (Å²) in [7, 11) is -3.57. The van der Waals surface area contributed by atoms with Gasteiger partial charge in [0.2, 0.25) is 5.91 Å². The number of nitrogens with one attached hydrogen (secondary N) is 2. The van der Waals surface area contributed by atoms with Crippen LogP contribution in [0.3, 0.4) is 0 Å². The molecule has 0 radical (unpaired) electrons. The topological polar surface area (TPSA) is 75.3 Å². The van der Waals surface area contributed by atoms with Gasteiger partial charge in [0.1, 0.15) is 4.21 Å². The molecule has 0 unspecified atom stereocenters. The molecule has 0 aliphatic heterocycles. The lowest BCUT2D eigenvalue weighted by atomic mass is 9.49. The van der Waals surface area contributed by atoms with Crippen molar-refractivity contribution in [1.29, 1.82) is 0 Å². The first-order valence-corrected chi connectivity index (χ1v) is 11.1. The number of hydrogen-bond acceptors (Lipinski definition) is 4. The van der Waals surface area contributed by atoms with Crippen molar-refractivity contribution in [2.24, 2.45) is 23.2 Å². The van der Waals surface area contributed by atoms with Crippen molar-refractivity contribution in [2.45, 2.75) is 42.7 Å². The monoisotopic (exact) mass is 368 g/mol. The van der Waals surface area contributed by atoms with Crippen molar-refractivity contribution in [2.75, 3.05) is 13.1 Å². The van der Waals surface area contributed by atoms with Crippen LogP contribution in [0.25, 0.3) is 0 Å². The Balaban J connectivity index is 1.30. The lowest BCUT2D eigenvalue weighted by molar-refractivity contribution is -0.122. The molecule has 5 nitrogen and oxygen atoms in total. The normalized spacial score (nSPS) is 34.4. The molecule has 4 fully saturated rings. The maximum absolute atomic E-state index is 12.1. The van der Waals surface area contributed by atoms with Crippen LogP contribution in [0.5, 0.6) is 0 Å². The minimum absolute atomic E-state index is 0.188. The third-order valence-electron chi connectivity index (χ3n) is 6.01. The summed E-state index contributed by atoms with van der Waals surface area (Å²) in [5.74, 6) is 2.33. The quantitative estimate of drug-likeness (QED) is 0.809. The molecule has 0 atom stereocenters. The Hall–Kier alpha value is -0.920. The smallest absolute Gasteiger partial charge is 0.250 e. The van der Waals surface area contributed by atoms with E-state index in [9.17, 15) is 13.2 Å². The molecule has 1 heterocycles. The minimum atomic E-state index is -3.57. The molecule has 0 spiro atoms. The molecular weight excluding hydrogens is 344 g/mol. The van der Waals surface area contributed by atoms with Gasteiger partial charge in [-0.2, -0.15) is 0 Å². The van der Waals surface area contributed by atoms with Crippen LogP contribution in [0.2, 0.25) is 0 Å². The molecule has 0 aromatic carbocycles. The summed E-state index contributed by atoms with van der Waals surface area (Å²) in [5, 5.41) is 4.71. The van der Waals surface area contributed by atoms with Crippen LogP contribution in [-0.2, 0) is 14.8 Å². The van der Waals surface area contributed by atoms with Crippen molar-refractivity contribution >= 4 is 27.3 Å². The van der Waals surface area contributed by atoms with Crippen LogP contribution in [0, 0.1) is 23.2 Å². The standard InChI is InChI=1S/C17H24N2O3S2/c20-15(10-19-24(21,22)16-2-1-3-23-16)18-11-17-7-12-4-13(8-17)6-14(5-12)9-17/h1-3,12-14,19H,4-11H2,(H,18,20). The van der Waals surface area contributed by atoms with Crippen molar-refractivity contribution in [3.63, 3.8) is 0 Å². The van der Waals surface area contributed by atoms with E-state index in [1.54, 1.807) is 17.5 Å². The van der Waals surface area contributed by atoms with E-state index in [0.717, 1.165) is 29.1 Å². The van der Waals surface area contributed by atoms with Gasteiger partial charge < -0.3 is 5.32 Å². The lowest BCUT2D eigenvalue weighted by Crippen LogP contribution is -2.52. The van der Waals surface area contributed by atoms with E-state index in [1.807, 2.05) is 0 Å². The molecule has 5 rings (SSSR count). The second kappa shape index (κ2) is 6.11. The third-order valence-corrected chi connectivity index (χ3v) is 8.81. The first-order valence-electron chi connectivity index (χ1n) is 8.74. The molecule has 1 aromatic rings. The summed E-state index contributed by atoms with van der Waals surface area (Å²) < 4.78 is 26.7. The lowest BCUT2D eigenvalue weighted by Gasteiger charge is -2.56. The molecule has 132 valence electrons. The third kappa shape index (κ3) is 3.26. The molecule has 2 N–H and O–H groups in total. The van der Waals surface area contributed by atoms with Gasteiger partial charge in [0.15, 0.2) is 0 Å². The largest absolute Gasteiger partial charge is 0.354 e. The molecule has 1 aromatic heterocycles. The zero-order valence-electron chi connectivity index (χ0n) is 13.7. The van der Waals surface area contributed by atoms with E-state index in [4.69, 9.17) is 0 Å². The average molecular weight is 369 g/mol. The highest BCUT2D eigenvalue weighted by molar-refractivity contribution is 7.91. The molecule has 0 saturated heterocycles. The minimum Gasteiger partial charge on any atom is -0.354 e. The molecule has 1 amide bonds. The molecule has 4 aliphatic rings. The Morgan fingerprint density at radius 1 is 1.17 bits per heavy atom. The first-order chi connectivity index (χ1) is 11.4. The van der Waals surface area contributed by atoms with Gasteiger partial charge in [-0.3, -0.25) is 4.79 Å². The highest BCUT2D eigenvalue weighted by Gasteiger charge is 2.50. The summed E-state index contributed by atoms with van der Waals surface area (Å²) in [6.07, 6.45) is 7.86. The summed E-state index contributed by atoms with van der Waals surface area (Å²) in [6.45, 7) is 0.517. The number of hydrogen-bond donors (Lipinski definition) is 2. The van der Waals surface area contributed by atoms with Crippen molar-refractivity contribution in [3.8, 4) is 0 Å². The Kier molecular flexibility index (Phi) is 4.21. The maximum Gasteiger partial charge on any atom is 0.250 e. The molecular formula is C17H24N2O3S2. The molecule has 7 heteroatoms. The van der Waals surface area contributed by atoms with Gasteiger partial charge in [-0.1, -0.05) is 6.07 Å². The molecule has 4 aliphatic carbocycles. The van der Waals surface area contributed by atoms with Gasteiger partial charge in [0, 0.05) is 6.54 Å². The van der Waals surface area contributed by atoms with Crippen LogP contribution in [0.15, 0.2) is 21.7 Å². The molecule has 24 heavy (non-hydrogen) atoms. The average Bonchev–Trinajstić information content (AvgIpc) is 3.05. The van der Waals surface area contributed by atoms with E-state index in [1.165, 1.54) is 38.5 Å². The summed E-state index contributed by atoms with van der Waals surface area (Å²) in [5.41, 5.74) is 0.275. The van der Waals surface area contributed by atoms with Crippen molar-refractivity contribution in [1.82, 2.24) is 10.0 Å². The van der Waals surface area contributed by atoms with Gasteiger partial charge in [-0.25, -0.2) is 13.1 Å². The van der Waals surface area contributed by atoms with Crippen LogP contribution in [0.4, 0.5) is 0 Å². The van der Waals surface area contributed by atoms with Gasteiger partial charge in [-0.05, 0) is 73.1 Å². The highest BCUT2D eigenvalue weighted by atomic mass is 32.2. The molecule has 4 bridgehead atoms. The van der Waals surface area contributed by atoms with Gasteiger partial charge in [0.25, 0.3) is 10.0 Å². The predicted octanol–water partition coefficient (Wildman–Crippen LogP) is 2.36. The van der Waals surface area contributed by atoms with E-state index in [2.05, 4.69) is 10.0 Å². The Bertz CT molecular complexity index is 677. The van der Waals surface area contributed by atoms with E-state index in [-0.39, 0.29) is 22.1 Å². The van der Waals surface area contributed by atoms with Crippen LogP contribution < -0.4 is 10.0 Å². The van der Waals surface area contributed by atoms with Crippen LogP contribution >= 0.6 is 11.3 Å². The predicted molar refractivity (Wildman–Crippen MR) is 93.1 cm³/mol.